The molecule has 2 nitrogen and oxygen atoms in total. The zero-order valence-corrected chi connectivity index (χ0v) is 42.2. The second kappa shape index (κ2) is 20.6. The molecular formula is C74H54N2. The molecule has 0 aliphatic heterocycles. The summed E-state index contributed by atoms with van der Waals surface area (Å²) in [5.41, 5.74) is 20.7. The van der Waals surface area contributed by atoms with Crippen LogP contribution in [0.15, 0.2) is 303 Å². The highest BCUT2D eigenvalue weighted by atomic mass is 15.1. The van der Waals surface area contributed by atoms with Crippen LogP contribution in [0.5, 0.6) is 0 Å². The van der Waals surface area contributed by atoms with Crippen molar-refractivity contribution in [1.82, 2.24) is 0 Å². The molecule has 0 heterocycles. The van der Waals surface area contributed by atoms with E-state index < -0.39 is 0 Å². The molecule has 12 aromatic carbocycles. The van der Waals surface area contributed by atoms with Crippen LogP contribution in [0.4, 0.5) is 34.1 Å². The molecule has 360 valence electrons. The first-order valence-corrected chi connectivity index (χ1v) is 26.4. The van der Waals surface area contributed by atoms with E-state index in [1.54, 1.807) is 0 Å². The van der Waals surface area contributed by atoms with Gasteiger partial charge in [0.15, 0.2) is 0 Å². The summed E-state index contributed by atoms with van der Waals surface area (Å²) in [6, 6.07) is 104. The highest BCUT2D eigenvalue weighted by molar-refractivity contribution is 6.22. The van der Waals surface area contributed by atoms with Gasteiger partial charge in [-0.25, -0.2) is 0 Å². The average Bonchev–Trinajstić information content (AvgIpc) is 3.50. The smallest absolute Gasteiger partial charge is 0.0473 e. The van der Waals surface area contributed by atoms with Gasteiger partial charge in [0.1, 0.15) is 0 Å². The molecule has 1 aliphatic rings. The highest BCUT2D eigenvalue weighted by Gasteiger charge is 2.24. The summed E-state index contributed by atoms with van der Waals surface area (Å²) in [6.07, 6.45) is 9.07. The zero-order valence-electron chi connectivity index (χ0n) is 42.2. The Bertz CT molecular complexity index is 4000. The van der Waals surface area contributed by atoms with E-state index in [0.717, 1.165) is 58.1 Å². The van der Waals surface area contributed by atoms with E-state index in [2.05, 4.69) is 313 Å². The molecular weight excluding hydrogens is 917 g/mol. The molecule has 0 amide bonds. The van der Waals surface area contributed by atoms with E-state index in [9.17, 15) is 0 Å². The molecule has 0 bridgehead atoms. The molecule has 0 aromatic heterocycles. The third kappa shape index (κ3) is 9.08. The molecule has 2 heteroatoms. The first-order valence-electron chi connectivity index (χ1n) is 26.4. The van der Waals surface area contributed by atoms with Gasteiger partial charge in [0.2, 0.25) is 0 Å². The fourth-order valence-corrected chi connectivity index (χ4v) is 11.2. The van der Waals surface area contributed by atoms with Crippen LogP contribution < -0.4 is 9.80 Å². The third-order valence-electron chi connectivity index (χ3n) is 14.8. The number of nitrogens with zero attached hydrogens (tertiary/aromatic N) is 2. The van der Waals surface area contributed by atoms with Crippen LogP contribution in [-0.4, -0.2) is 0 Å². The van der Waals surface area contributed by atoms with E-state index in [1.807, 2.05) is 0 Å². The lowest BCUT2D eigenvalue weighted by molar-refractivity contribution is 1.04. The summed E-state index contributed by atoms with van der Waals surface area (Å²) in [5.74, 6) is 0. The quantitative estimate of drug-likeness (QED) is 0.113. The van der Waals surface area contributed by atoms with Crippen molar-refractivity contribution in [3.8, 4) is 55.6 Å². The molecule has 0 radical (unpaired) electrons. The van der Waals surface area contributed by atoms with Crippen molar-refractivity contribution in [1.29, 1.82) is 0 Å². The van der Waals surface area contributed by atoms with Crippen LogP contribution in [-0.2, 0) is 0 Å². The summed E-state index contributed by atoms with van der Waals surface area (Å²) < 4.78 is 0. The van der Waals surface area contributed by atoms with E-state index in [1.165, 1.54) is 77.2 Å². The van der Waals surface area contributed by atoms with Crippen molar-refractivity contribution in [2.24, 2.45) is 0 Å². The number of hydrogen-bond acceptors (Lipinski definition) is 2. The van der Waals surface area contributed by atoms with Crippen molar-refractivity contribution in [2.75, 3.05) is 9.80 Å². The third-order valence-corrected chi connectivity index (χ3v) is 14.8. The Morgan fingerprint density at radius 1 is 0.224 bits per heavy atom. The monoisotopic (exact) mass is 970 g/mol. The average molecular weight is 971 g/mol. The normalized spacial score (nSPS) is 12.1. The zero-order chi connectivity index (χ0) is 50.6. The molecule has 0 spiro atoms. The predicted octanol–water partition coefficient (Wildman–Crippen LogP) is 21.0. The van der Waals surface area contributed by atoms with Gasteiger partial charge in [0, 0.05) is 34.1 Å². The Balaban J connectivity index is 1.07. The van der Waals surface area contributed by atoms with Gasteiger partial charge in [-0.1, -0.05) is 218 Å². The summed E-state index contributed by atoms with van der Waals surface area (Å²) in [7, 11) is 0. The van der Waals surface area contributed by atoms with Crippen LogP contribution in [0.1, 0.15) is 18.4 Å². The molecule has 76 heavy (non-hydrogen) atoms. The fourth-order valence-electron chi connectivity index (χ4n) is 11.2. The number of benzene rings is 12. The van der Waals surface area contributed by atoms with Crippen molar-refractivity contribution in [3.63, 3.8) is 0 Å². The molecule has 0 saturated carbocycles. The van der Waals surface area contributed by atoms with Gasteiger partial charge >= 0.3 is 0 Å². The van der Waals surface area contributed by atoms with Crippen molar-refractivity contribution >= 4 is 61.2 Å². The minimum absolute atomic E-state index is 1.03. The maximum atomic E-state index is 2.44. The van der Waals surface area contributed by atoms with Crippen LogP contribution >= 0.6 is 0 Å². The fraction of sp³-hybridized carbons (Fsp3) is 0.0270. The standard InChI is InChI=1S/C74H54N2/c1-9-25-53(26-10-1)59-45-60(54-27-11-2-12-28-54)48-67(47-59)75(63-37-21-7-22-38-63)65-41-43-69-71(51-65)73(57-33-17-5-18-34-57)70-44-42-66(52-72(70)74(69)58-35-19-6-20-36-58)76(64-39-23-8-24-40-64)68-49-61(55-29-13-3-14-30-55)46-62(50-68)56-31-15-4-16-32-56/h1-3,5-15,17-52H,4,16H2. The topological polar surface area (TPSA) is 6.48 Å². The van der Waals surface area contributed by atoms with Gasteiger partial charge in [0.25, 0.3) is 0 Å². The number of hydrogen-bond donors (Lipinski definition) is 0. The molecule has 0 atom stereocenters. The molecule has 13 rings (SSSR count). The lowest BCUT2D eigenvalue weighted by atomic mass is 9.85. The summed E-state index contributed by atoms with van der Waals surface area (Å²) in [4.78, 5) is 4.87. The maximum absolute atomic E-state index is 2.44. The Morgan fingerprint density at radius 2 is 0.566 bits per heavy atom. The van der Waals surface area contributed by atoms with E-state index in [-0.39, 0.29) is 0 Å². The second-order valence-electron chi connectivity index (χ2n) is 19.6. The van der Waals surface area contributed by atoms with E-state index in [4.69, 9.17) is 0 Å². The SMILES string of the molecule is C1=CC(c2cc(-c3ccccc3)cc(N(c3ccccc3)c3ccc4c(-c5ccccc5)c5cc(N(c6ccccc6)c6cc(-c7ccccc7)cc(-c7ccccc7)c6)ccc5c(-c5ccccc5)c4c3)c2)=CCC1. The van der Waals surface area contributed by atoms with E-state index in [0.29, 0.717) is 0 Å². The van der Waals surface area contributed by atoms with Crippen LogP contribution in [0, 0.1) is 0 Å². The van der Waals surface area contributed by atoms with Crippen LogP contribution in [0.25, 0.3) is 82.8 Å². The van der Waals surface area contributed by atoms with Gasteiger partial charge in [-0.15, -0.1) is 0 Å². The summed E-state index contributed by atoms with van der Waals surface area (Å²) in [6.45, 7) is 0. The first kappa shape index (κ1) is 46.1. The van der Waals surface area contributed by atoms with Gasteiger partial charge < -0.3 is 9.80 Å². The number of anilines is 6. The number of fused-ring (bicyclic) bond motifs is 2. The molecule has 0 unspecified atom stereocenters. The van der Waals surface area contributed by atoms with Gasteiger partial charge in [-0.2, -0.15) is 0 Å². The Morgan fingerprint density at radius 3 is 0.934 bits per heavy atom. The first-order chi connectivity index (χ1) is 37.7. The molecule has 1 aliphatic carbocycles. The van der Waals surface area contributed by atoms with Crippen molar-refractivity contribution < 1.29 is 0 Å². The number of para-hydroxylation sites is 2. The van der Waals surface area contributed by atoms with Crippen molar-refractivity contribution in [2.45, 2.75) is 12.8 Å². The van der Waals surface area contributed by atoms with Crippen molar-refractivity contribution in [3.05, 3.63) is 309 Å². The minimum atomic E-state index is 1.03. The highest BCUT2D eigenvalue weighted by Crippen LogP contribution is 2.49. The van der Waals surface area contributed by atoms with Gasteiger partial charge in [-0.3, -0.25) is 0 Å². The number of allylic oxidation sites excluding steroid dienone is 4. The lowest BCUT2D eigenvalue weighted by Crippen LogP contribution is -2.11. The Hall–Kier alpha value is -9.76. The number of rotatable bonds is 12. The Kier molecular flexibility index (Phi) is 12.5. The molecule has 0 saturated heterocycles. The largest absolute Gasteiger partial charge is 0.310 e. The second-order valence-corrected chi connectivity index (χ2v) is 19.6. The summed E-state index contributed by atoms with van der Waals surface area (Å²) in [5, 5.41) is 4.74. The summed E-state index contributed by atoms with van der Waals surface area (Å²) >= 11 is 0. The predicted molar refractivity (Wildman–Crippen MR) is 324 cm³/mol. The minimum Gasteiger partial charge on any atom is -0.310 e. The molecule has 0 fully saturated rings. The molecule has 0 N–H and O–H groups in total. The van der Waals surface area contributed by atoms with Crippen LogP contribution in [0.3, 0.4) is 0 Å². The lowest BCUT2D eigenvalue weighted by Gasteiger charge is -2.29. The van der Waals surface area contributed by atoms with Crippen LogP contribution in [0.2, 0.25) is 0 Å². The van der Waals surface area contributed by atoms with Gasteiger partial charge in [0.05, 0.1) is 0 Å². The molecule has 12 aromatic rings. The Labute approximate surface area is 446 Å². The van der Waals surface area contributed by atoms with E-state index >= 15 is 0 Å². The maximum Gasteiger partial charge on any atom is 0.0473 e. The van der Waals surface area contributed by atoms with Gasteiger partial charge in [-0.05, 0) is 186 Å².